The maximum atomic E-state index is 14.8. The second-order valence-electron chi connectivity index (χ2n) is 10.7. The van der Waals surface area contributed by atoms with Gasteiger partial charge in [0.15, 0.2) is 0 Å². The van der Waals surface area contributed by atoms with Crippen LogP contribution in [0, 0.1) is 0 Å². The van der Waals surface area contributed by atoms with Crippen molar-refractivity contribution in [1.29, 1.82) is 0 Å². The Morgan fingerprint density at radius 3 is 2.60 bits per heavy atom. The number of anilines is 1. The number of halogens is 3. The third-order valence-corrected chi connectivity index (χ3v) is 7.38. The topological polar surface area (TPSA) is 83.8 Å². The highest BCUT2D eigenvalue weighted by atomic mass is 19.3. The van der Waals surface area contributed by atoms with Gasteiger partial charge in [-0.25, -0.2) is 23.1 Å². The van der Waals surface area contributed by atoms with Crippen molar-refractivity contribution >= 4 is 17.4 Å². The summed E-state index contributed by atoms with van der Waals surface area (Å²) >= 11 is 0. The molecule has 3 aromatic rings. The van der Waals surface area contributed by atoms with Crippen molar-refractivity contribution in [1.82, 2.24) is 24.6 Å². The van der Waals surface area contributed by atoms with Gasteiger partial charge in [-0.05, 0) is 83.4 Å². The number of carbonyl (C=O) groups excluding carboxylic acids is 1. The molecule has 5 rings (SSSR count). The predicted molar refractivity (Wildman–Crippen MR) is 147 cm³/mol. The van der Waals surface area contributed by atoms with E-state index < -0.39 is 18.0 Å². The van der Waals surface area contributed by atoms with E-state index in [1.807, 2.05) is 20.0 Å². The lowest BCUT2D eigenvalue weighted by molar-refractivity contribution is 0.101. The Bertz CT molecular complexity index is 1370. The van der Waals surface area contributed by atoms with E-state index in [9.17, 15) is 18.0 Å². The van der Waals surface area contributed by atoms with Crippen LogP contribution in [0.15, 0.2) is 48.1 Å². The van der Waals surface area contributed by atoms with Crippen LogP contribution in [-0.4, -0.2) is 64.0 Å². The average molecular weight is 557 g/mol. The number of ether oxygens (including phenoxy) is 1. The van der Waals surface area contributed by atoms with E-state index in [0.717, 1.165) is 63.1 Å². The summed E-state index contributed by atoms with van der Waals surface area (Å²) < 4.78 is 48.6. The molecule has 2 fully saturated rings. The Kier molecular flexibility index (Phi) is 8.70. The monoisotopic (exact) mass is 556 g/mol. The zero-order valence-corrected chi connectivity index (χ0v) is 22.8. The summed E-state index contributed by atoms with van der Waals surface area (Å²) in [4.78, 5) is 24.0. The molecule has 8 nitrogen and oxygen atoms in total. The number of hydrogen-bond acceptors (Lipinski definition) is 6. The molecule has 40 heavy (non-hydrogen) atoms. The molecule has 0 bridgehead atoms. The van der Waals surface area contributed by atoms with Crippen molar-refractivity contribution in [2.24, 2.45) is 0 Å². The molecule has 0 radical (unpaired) electrons. The molecule has 2 aliphatic rings. The summed E-state index contributed by atoms with van der Waals surface area (Å²) in [5, 5.41) is 5.87. The number of fused-ring (bicyclic) bond motifs is 1. The molecule has 0 aliphatic carbocycles. The van der Waals surface area contributed by atoms with E-state index in [1.165, 1.54) is 18.2 Å². The first-order valence-corrected chi connectivity index (χ1v) is 13.8. The molecular weight excluding hydrogens is 521 g/mol. The average Bonchev–Trinajstić information content (AvgIpc) is 3.36. The number of alkyl halides is 2. The van der Waals surface area contributed by atoms with E-state index in [2.05, 4.69) is 20.5 Å². The van der Waals surface area contributed by atoms with Crippen LogP contribution in [0.2, 0.25) is 0 Å². The van der Waals surface area contributed by atoms with Crippen molar-refractivity contribution in [2.45, 2.75) is 58.0 Å². The number of carbonyl (C=O) groups is 1. The van der Waals surface area contributed by atoms with Gasteiger partial charge in [0.05, 0.1) is 23.9 Å². The summed E-state index contributed by atoms with van der Waals surface area (Å²) in [7, 11) is 0. The smallest absolute Gasteiger partial charge is 0.280 e. The molecule has 2 saturated heterocycles. The van der Waals surface area contributed by atoms with Crippen LogP contribution in [0.1, 0.15) is 73.6 Å². The summed E-state index contributed by atoms with van der Waals surface area (Å²) in [6, 6.07) is 5.81. The summed E-state index contributed by atoms with van der Waals surface area (Å²) in [6.45, 7) is 7.35. The number of piperidine rings is 2. The number of aromatic nitrogens is 3. The lowest BCUT2D eigenvalue weighted by Gasteiger charge is -2.31. The Morgan fingerprint density at radius 1 is 1.15 bits per heavy atom. The van der Waals surface area contributed by atoms with Crippen molar-refractivity contribution in [3.8, 4) is 5.75 Å². The van der Waals surface area contributed by atoms with Crippen LogP contribution in [0.4, 0.5) is 19.0 Å². The normalized spacial score (nSPS) is 17.1. The molecule has 2 aliphatic heterocycles. The highest BCUT2D eigenvalue weighted by molar-refractivity contribution is 6.05. The van der Waals surface area contributed by atoms with Crippen LogP contribution in [0.3, 0.4) is 0 Å². The molecule has 3 aromatic heterocycles. The number of nitrogens with zero attached hydrogens (tertiary/aromatic N) is 4. The van der Waals surface area contributed by atoms with Gasteiger partial charge in [0.2, 0.25) is 0 Å². The molecule has 214 valence electrons. The number of likely N-dealkylation sites (tertiary alicyclic amines) is 1. The molecule has 0 saturated carbocycles. The zero-order valence-electron chi connectivity index (χ0n) is 22.8. The fourth-order valence-electron chi connectivity index (χ4n) is 5.28. The van der Waals surface area contributed by atoms with Crippen molar-refractivity contribution in [2.75, 3.05) is 38.0 Å². The SMILES string of the molecule is CC(C)Oc1cc2nc(C3CCN(CC(F)=C4CCNCC4)CC3)cn2cc1C(=O)Nc1cccc(C(F)F)n1. The molecule has 0 unspecified atom stereocenters. The molecule has 0 spiro atoms. The van der Waals surface area contributed by atoms with Crippen LogP contribution >= 0.6 is 0 Å². The van der Waals surface area contributed by atoms with E-state index in [1.54, 1.807) is 16.7 Å². The Morgan fingerprint density at radius 2 is 1.90 bits per heavy atom. The van der Waals surface area contributed by atoms with Crippen LogP contribution in [-0.2, 0) is 0 Å². The first kappa shape index (κ1) is 28.1. The van der Waals surface area contributed by atoms with Crippen molar-refractivity contribution in [3.63, 3.8) is 0 Å². The fraction of sp³-hybridized carbons (Fsp3) is 0.483. The number of rotatable bonds is 8. The minimum atomic E-state index is -2.74. The summed E-state index contributed by atoms with van der Waals surface area (Å²) in [6.07, 6.45) is 3.91. The van der Waals surface area contributed by atoms with Crippen LogP contribution in [0.5, 0.6) is 5.75 Å². The second-order valence-corrected chi connectivity index (χ2v) is 10.7. The number of hydrogen-bond donors (Lipinski definition) is 2. The first-order valence-electron chi connectivity index (χ1n) is 13.8. The lowest BCUT2D eigenvalue weighted by Crippen LogP contribution is -2.34. The van der Waals surface area contributed by atoms with E-state index in [4.69, 9.17) is 9.72 Å². The maximum absolute atomic E-state index is 14.8. The van der Waals surface area contributed by atoms with Gasteiger partial charge in [-0.1, -0.05) is 6.07 Å². The van der Waals surface area contributed by atoms with Gasteiger partial charge in [-0.2, -0.15) is 0 Å². The summed E-state index contributed by atoms with van der Waals surface area (Å²) in [5.41, 5.74) is 2.33. The summed E-state index contributed by atoms with van der Waals surface area (Å²) in [5.74, 6) is 0.0955. The number of pyridine rings is 2. The number of imidazole rings is 1. The zero-order chi connectivity index (χ0) is 28.2. The molecule has 0 aromatic carbocycles. The maximum Gasteiger partial charge on any atom is 0.280 e. The molecule has 0 atom stereocenters. The Labute approximate surface area is 231 Å². The van der Waals surface area contributed by atoms with Crippen LogP contribution < -0.4 is 15.4 Å². The fourth-order valence-corrected chi connectivity index (χ4v) is 5.28. The van der Waals surface area contributed by atoms with Crippen molar-refractivity contribution in [3.05, 3.63) is 65.0 Å². The van der Waals surface area contributed by atoms with Gasteiger partial charge in [-0.15, -0.1) is 0 Å². The molecule has 2 N–H and O–H groups in total. The minimum absolute atomic E-state index is 0.0206. The van der Waals surface area contributed by atoms with Gasteiger partial charge in [0.1, 0.15) is 28.7 Å². The second kappa shape index (κ2) is 12.4. The van der Waals surface area contributed by atoms with Gasteiger partial charge in [-0.3, -0.25) is 9.69 Å². The number of nitrogens with one attached hydrogen (secondary N) is 2. The van der Waals surface area contributed by atoms with Crippen molar-refractivity contribution < 1.29 is 22.7 Å². The van der Waals surface area contributed by atoms with Gasteiger partial charge in [0.25, 0.3) is 12.3 Å². The van der Waals surface area contributed by atoms with E-state index in [0.29, 0.717) is 17.9 Å². The van der Waals surface area contributed by atoms with Gasteiger partial charge < -0.3 is 19.8 Å². The molecule has 11 heteroatoms. The Hall–Kier alpha value is -3.44. The highest BCUT2D eigenvalue weighted by Gasteiger charge is 2.25. The third-order valence-electron chi connectivity index (χ3n) is 7.38. The lowest BCUT2D eigenvalue weighted by atomic mass is 9.94. The quantitative estimate of drug-likeness (QED) is 0.382. The van der Waals surface area contributed by atoms with Gasteiger partial charge in [0, 0.05) is 24.4 Å². The van der Waals surface area contributed by atoms with E-state index in [-0.39, 0.29) is 29.2 Å². The standard InChI is InChI=1S/C29H35F3N6O2/c1-18(2)40-25-14-27-35-24(20-8-12-37(13-9-20)16-22(30)19-6-10-33-11-7-19)17-38(27)15-21(25)29(39)36-26-5-3-4-23(34-26)28(31)32/h3-5,14-15,17-18,20,28,33H,6-13,16H2,1-2H3,(H,34,36,39). The molecule has 1 amide bonds. The van der Waals surface area contributed by atoms with Gasteiger partial charge >= 0.3 is 0 Å². The largest absolute Gasteiger partial charge is 0.490 e. The molecule has 5 heterocycles. The Balaban J connectivity index is 1.31. The minimum Gasteiger partial charge on any atom is -0.490 e. The van der Waals surface area contributed by atoms with E-state index >= 15 is 0 Å². The first-order chi connectivity index (χ1) is 19.3. The molecular formula is C29H35F3N6O2. The third kappa shape index (κ3) is 6.64. The highest BCUT2D eigenvalue weighted by Crippen LogP contribution is 2.31. The van der Waals surface area contributed by atoms with Crippen LogP contribution in [0.25, 0.3) is 5.65 Å². The number of amides is 1. The predicted octanol–water partition coefficient (Wildman–Crippen LogP) is 5.49.